The highest BCUT2D eigenvalue weighted by Gasteiger charge is 2.11. The van der Waals surface area contributed by atoms with Gasteiger partial charge in [-0.25, -0.2) is 9.48 Å². The van der Waals surface area contributed by atoms with Crippen molar-refractivity contribution in [3.05, 3.63) is 11.4 Å². The van der Waals surface area contributed by atoms with Crippen LogP contribution in [-0.2, 0) is 17.9 Å². The molecule has 0 spiro atoms. The highest BCUT2D eigenvalue weighted by Crippen LogP contribution is 2.01. The summed E-state index contributed by atoms with van der Waals surface area (Å²) in [4.78, 5) is 21.5. The summed E-state index contributed by atoms with van der Waals surface area (Å²) in [5.74, 6) is -0.543. The zero-order valence-electron chi connectivity index (χ0n) is 8.23. The highest BCUT2D eigenvalue weighted by molar-refractivity contribution is 5.93. The summed E-state index contributed by atoms with van der Waals surface area (Å²) in [5.41, 5.74) is 11.5. The molecule has 82 valence electrons. The van der Waals surface area contributed by atoms with Crippen LogP contribution in [0.5, 0.6) is 0 Å². The van der Waals surface area contributed by atoms with E-state index in [-0.39, 0.29) is 13.1 Å². The predicted octanol–water partition coefficient (Wildman–Crippen LogP) is -1.76. The first-order valence-electron chi connectivity index (χ1n) is 4.23. The van der Waals surface area contributed by atoms with Gasteiger partial charge in [-0.05, 0) is 6.92 Å². The SMILES string of the molecule is Cc1c(CN)nnn1CC(=O)NC(N)=O. The van der Waals surface area contributed by atoms with Crippen molar-refractivity contribution in [3.8, 4) is 0 Å². The Labute approximate surface area is 85.6 Å². The molecule has 0 aliphatic rings. The molecule has 15 heavy (non-hydrogen) atoms. The molecule has 1 rings (SSSR count). The van der Waals surface area contributed by atoms with Gasteiger partial charge in [0.2, 0.25) is 5.91 Å². The molecular formula is C7H12N6O2. The van der Waals surface area contributed by atoms with E-state index in [9.17, 15) is 9.59 Å². The number of amides is 3. The second-order valence-corrected chi connectivity index (χ2v) is 2.90. The van der Waals surface area contributed by atoms with Gasteiger partial charge in [-0.1, -0.05) is 5.21 Å². The third-order valence-corrected chi connectivity index (χ3v) is 1.83. The van der Waals surface area contributed by atoms with E-state index in [4.69, 9.17) is 11.5 Å². The molecule has 0 atom stereocenters. The second kappa shape index (κ2) is 4.51. The van der Waals surface area contributed by atoms with Gasteiger partial charge in [-0.3, -0.25) is 10.1 Å². The minimum atomic E-state index is -0.892. The standard InChI is InChI=1S/C7H12N6O2/c1-4-5(2-8)11-12-13(4)3-6(14)10-7(9)15/h2-3,8H2,1H3,(H3,9,10,14,15). The molecule has 3 amide bonds. The zero-order valence-corrected chi connectivity index (χ0v) is 8.23. The topological polar surface area (TPSA) is 129 Å². The lowest BCUT2D eigenvalue weighted by atomic mass is 10.3. The lowest BCUT2D eigenvalue weighted by molar-refractivity contribution is -0.120. The smallest absolute Gasteiger partial charge is 0.318 e. The molecule has 5 N–H and O–H groups in total. The number of nitrogens with one attached hydrogen (secondary N) is 1. The summed E-state index contributed by atoms with van der Waals surface area (Å²) in [6.07, 6.45) is 0. The van der Waals surface area contributed by atoms with Crippen LogP contribution in [0.3, 0.4) is 0 Å². The number of primary amides is 1. The number of hydrogen-bond acceptors (Lipinski definition) is 5. The van der Waals surface area contributed by atoms with Crippen molar-refractivity contribution in [3.63, 3.8) is 0 Å². The average Bonchev–Trinajstić information content (AvgIpc) is 2.46. The molecule has 0 aromatic carbocycles. The summed E-state index contributed by atoms with van der Waals surface area (Å²) in [6.45, 7) is 1.88. The molecule has 0 saturated heterocycles. The largest absolute Gasteiger partial charge is 0.351 e. The van der Waals surface area contributed by atoms with Crippen LogP contribution in [0, 0.1) is 6.92 Å². The van der Waals surface area contributed by atoms with Crippen LogP contribution in [0.15, 0.2) is 0 Å². The molecule has 0 radical (unpaired) electrons. The van der Waals surface area contributed by atoms with Crippen LogP contribution in [0.2, 0.25) is 0 Å². The molecule has 8 nitrogen and oxygen atoms in total. The van der Waals surface area contributed by atoms with Crippen LogP contribution in [0.25, 0.3) is 0 Å². The Morgan fingerprint density at radius 1 is 1.53 bits per heavy atom. The summed E-state index contributed by atoms with van der Waals surface area (Å²) in [6, 6.07) is -0.892. The van der Waals surface area contributed by atoms with E-state index in [1.54, 1.807) is 6.92 Å². The molecule has 8 heteroatoms. The third kappa shape index (κ3) is 2.74. The maximum atomic E-state index is 11.1. The molecule has 0 bridgehead atoms. The van der Waals surface area contributed by atoms with Crippen LogP contribution < -0.4 is 16.8 Å². The lowest BCUT2D eigenvalue weighted by Crippen LogP contribution is -2.37. The van der Waals surface area contributed by atoms with Gasteiger partial charge in [0.25, 0.3) is 0 Å². The van der Waals surface area contributed by atoms with Gasteiger partial charge < -0.3 is 11.5 Å². The normalized spacial score (nSPS) is 10.0. The van der Waals surface area contributed by atoms with E-state index >= 15 is 0 Å². The van der Waals surface area contributed by atoms with E-state index in [1.807, 2.05) is 5.32 Å². The Kier molecular flexibility index (Phi) is 3.34. The van der Waals surface area contributed by atoms with Gasteiger partial charge in [0.05, 0.1) is 11.4 Å². The van der Waals surface area contributed by atoms with Crippen molar-refractivity contribution in [2.24, 2.45) is 11.5 Å². The highest BCUT2D eigenvalue weighted by atomic mass is 16.2. The number of rotatable bonds is 3. The third-order valence-electron chi connectivity index (χ3n) is 1.83. The number of carbonyl (C=O) groups excluding carboxylic acids is 2. The van der Waals surface area contributed by atoms with Crippen molar-refractivity contribution in [1.82, 2.24) is 20.3 Å². The Morgan fingerprint density at radius 2 is 2.20 bits per heavy atom. The zero-order chi connectivity index (χ0) is 11.4. The van der Waals surface area contributed by atoms with Crippen LogP contribution in [0.4, 0.5) is 4.79 Å². The Hall–Kier alpha value is -1.96. The first-order valence-corrected chi connectivity index (χ1v) is 4.23. The van der Waals surface area contributed by atoms with Crippen molar-refractivity contribution in [1.29, 1.82) is 0 Å². The van der Waals surface area contributed by atoms with Crippen molar-refractivity contribution < 1.29 is 9.59 Å². The van der Waals surface area contributed by atoms with Crippen LogP contribution in [-0.4, -0.2) is 26.9 Å². The van der Waals surface area contributed by atoms with Crippen molar-refractivity contribution in [2.45, 2.75) is 20.0 Å². The quantitative estimate of drug-likeness (QED) is 0.546. The number of hydrogen-bond donors (Lipinski definition) is 3. The maximum Gasteiger partial charge on any atom is 0.318 e. The molecule has 0 fully saturated rings. The second-order valence-electron chi connectivity index (χ2n) is 2.90. The summed E-state index contributed by atoms with van der Waals surface area (Å²) in [5, 5.41) is 9.39. The van der Waals surface area contributed by atoms with E-state index < -0.39 is 11.9 Å². The van der Waals surface area contributed by atoms with E-state index in [0.29, 0.717) is 11.4 Å². The Morgan fingerprint density at radius 3 is 2.67 bits per heavy atom. The minimum Gasteiger partial charge on any atom is -0.351 e. The van der Waals surface area contributed by atoms with Gasteiger partial charge in [0, 0.05) is 6.54 Å². The van der Waals surface area contributed by atoms with Crippen LogP contribution >= 0.6 is 0 Å². The van der Waals surface area contributed by atoms with Gasteiger partial charge in [0.15, 0.2) is 0 Å². The molecule has 0 unspecified atom stereocenters. The van der Waals surface area contributed by atoms with Gasteiger partial charge >= 0.3 is 6.03 Å². The Balaban J connectivity index is 2.68. The predicted molar refractivity (Wildman–Crippen MR) is 50.4 cm³/mol. The number of nitrogens with two attached hydrogens (primary N) is 2. The summed E-state index contributed by atoms with van der Waals surface area (Å²) < 4.78 is 1.35. The fraction of sp³-hybridized carbons (Fsp3) is 0.429. The van der Waals surface area contributed by atoms with Crippen LogP contribution in [0.1, 0.15) is 11.4 Å². The molecule has 1 aromatic heterocycles. The minimum absolute atomic E-state index is 0.109. The average molecular weight is 212 g/mol. The molecular weight excluding hydrogens is 200 g/mol. The fourth-order valence-electron chi connectivity index (χ4n) is 1.05. The van der Waals surface area contributed by atoms with E-state index in [2.05, 4.69) is 10.3 Å². The molecule has 0 aliphatic carbocycles. The Bertz CT molecular complexity index is 385. The number of nitrogens with zero attached hydrogens (tertiary/aromatic N) is 3. The maximum absolute atomic E-state index is 11.1. The van der Waals surface area contributed by atoms with Gasteiger partial charge in [-0.15, -0.1) is 5.10 Å². The summed E-state index contributed by atoms with van der Waals surface area (Å²) >= 11 is 0. The monoisotopic (exact) mass is 212 g/mol. The number of urea groups is 1. The lowest BCUT2D eigenvalue weighted by Gasteiger charge is -2.02. The van der Waals surface area contributed by atoms with Gasteiger partial charge in [0.1, 0.15) is 6.54 Å². The molecule has 1 heterocycles. The van der Waals surface area contributed by atoms with E-state index in [1.165, 1.54) is 4.68 Å². The molecule has 1 aromatic rings. The number of aromatic nitrogens is 3. The molecule has 0 aliphatic heterocycles. The van der Waals surface area contributed by atoms with E-state index in [0.717, 1.165) is 0 Å². The summed E-state index contributed by atoms with van der Waals surface area (Å²) in [7, 11) is 0. The van der Waals surface area contributed by atoms with Crippen molar-refractivity contribution >= 4 is 11.9 Å². The fourth-order valence-corrected chi connectivity index (χ4v) is 1.05. The number of imide groups is 1. The molecule has 0 saturated carbocycles. The first-order chi connectivity index (χ1) is 7.04. The van der Waals surface area contributed by atoms with Crippen molar-refractivity contribution in [2.75, 3.05) is 0 Å². The first kappa shape index (κ1) is 11.1. The number of carbonyl (C=O) groups is 2. The van der Waals surface area contributed by atoms with Gasteiger partial charge in [-0.2, -0.15) is 0 Å².